The van der Waals surface area contributed by atoms with Gasteiger partial charge in [-0.05, 0) is 36.1 Å². The van der Waals surface area contributed by atoms with Crippen LogP contribution in [-0.2, 0) is 13.0 Å². The van der Waals surface area contributed by atoms with E-state index in [0.717, 1.165) is 30.2 Å². The number of thiazole rings is 1. The second kappa shape index (κ2) is 4.60. The monoisotopic (exact) mass is 280 g/mol. The Kier molecular flexibility index (Phi) is 2.74. The first-order chi connectivity index (χ1) is 9.81. The molecular formula is C17H16N2S. The highest BCUT2D eigenvalue weighted by atomic mass is 32.1. The molecular weight excluding hydrogens is 264 g/mol. The van der Waals surface area contributed by atoms with Crippen molar-refractivity contribution < 1.29 is 0 Å². The van der Waals surface area contributed by atoms with E-state index in [1.54, 1.807) is 0 Å². The maximum Gasteiger partial charge on any atom is 0.186 e. The number of rotatable bonds is 1. The first-order valence-corrected chi connectivity index (χ1v) is 7.81. The van der Waals surface area contributed by atoms with E-state index in [0.29, 0.717) is 0 Å². The fourth-order valence-corrected chi connectivity index (χ4v) is 3.94. The number of aryl methyl sites for hydroxylation is 1. The van der Waals surface area contributed by atoms with Crippen molar-refractivity contribution in [2.45, 2.75) is 19.9 Å². The maximum absolute atomic E-state index is 4.85. The van der Waals surface area contributed by atoms with Crippen molar-refractivity contribution in [1.29, 1.82) is 0 Å². The molecule has 100 valence electrons. The molecule has 0 saturated heterocycles. The number of aromatic nitrogens is 1. The van der Waals surface area contributed by atoms with Crippen LogP contribution < -0.4 is 4.90 Å². The average Bonchev–Trinajstić information content (AvgIpc) is 2.92. The fraction of sp³-hybridized carbons (Fsp3) is 0.235. The van der Waals surface area contributed by atoms with Crippen molar-refractivity contribution in [3.63, 3.8) is 0 Å². The number of fused-ring (bicyclic) bond motifs is 2. The summed E-state index contributed by atoms with van der Waals surface area (Å²) >= 11 is 1.81. The fourth-order valence-electron chi connectivity index (χ4n) is 2.87. The predicted molar refractivity (Wildman–Crippen MR) is 85.6 cm³/mol. The topological polar surface area (TPSA) is 16.1 Å². The molecule has 3 heteroatoms. The van der Waals surface area contributed by atoms with Crippen LogP contribution in [0.3, 0.4) is 0 Å². The van der Waals surface area contributed by atoms with E-state index in [2.05, 4.69) is 54.3 Å². The SMILES string of the molecule is Cc1cccc2sc(N3CCc4ccccc4C3)nc12. The molecule has 1 aliphatic heterocycles. The van der Waals surface area contributed by atoms with Crippen LogP contribution in [0.5, 0.6) is 0 Å². The van der Waals surface area contributed by atoms with E-state index < -0.39 is 0 Å². The van der Waals surface area contributed by atoms with Crippen LogP contribution in [-0.4, -0.2) is 11.5 Å². The van der Waals surface area contributed by atoms with Crippen LogP contribution in [0.1, 0.15) is 16.7 Å². The summed E-state index contributed by atoms with van der Waals surface area (Å²) in [5, 5.41) is 1.16. The summed E-state index contributed by atoms with van der Waals surface area (Å²) < 4.78 is 1.29. The third-order valence-corrected chi connectivity index (χ3v) is 5.09. The van der Waals surface area contributed by atoms with Gasteiger partial charge in [0, 0.05) is 13.1 Å². The number of para-hydroxylation sites is 1. The first kappa shape index (κ1) is 11.9. The molecule has 4 rings (SSSR count). The molecule has 2 nitrogen and oxygen atoms in total. The molecule has 0 aliphatic carbocycles. The molecule has 0 amide bonds. The Morgan fingerprint density at radius 3 is 2.75 bits per heavy atom. The first-order valence-electron chi connectivity index (χ1n) is 6.99. The van der Waals surface area contributed by atoms with E-state index in [9.17, 15) is 0 Å². The van der Waals surface area contributed by atoms with E-state index >= 15 is 0 Å². The minimum absolute atomic E-state index is 0.981. The molecule has 0 fully saturated rings. The Morgan fingerprint density at radius 2 is 1.90 bits per heavy atom. The highest BCUT2D eigenvalue weighted by molar-refractivity contribution is 7.22. The standard InChI is InChI=1S/C17H16N2S/c1-12-5-4-8-15-16(12)18-17(20-15)19-10-9-13-6-2-3-7-14(13)11-19/h2-8H,9-11H2,1H3. The van der Waals surface area contributed by atoms with Crippen LogP contribution in [0.15, 0.2) is 42.5 Å². The molecule has 0 N–H and O–H groups in total. The third-order valence-electron chi connectivity index (χ3n) is 4.01. The van der Waals surface area contributed by atoms with Crippen molar-refractivity contribution in [2.24, 2.45) is 0 Å². The van der Waals surface area contributed by atoms with Crippen molar-refractivity contribution >= 4 is 26.7 Å². The normalized spacial score (nSPS) is 14.6. The lowest BCUT2D eigenvalue weighted by molar-refractivity contribution is 0.730. The largest absolute Gasteiger partial charge is 0.343 e. The number of hydrogen-bond acceptors (Lipinski definition) is 3. The molecule has 0 bridgehead atoms. The Morgan fingerprint density at radius 1 is 1.05 bits per heavy atom. The number of hydrogen-bond donors (Lipinski definition) is 0. The molecule has 0 saturated carbocycles. The predicted octanol–water partition coefficient (Wildman–Crippen LogP) is 4.17. The number of nitrogens with zero attached hydrogens (tertiary/aromatic N) is 2. The Hall–Kier alpha value is -1.87. The molecule has 2 heterocycles. The van der Waals surface area contributed by atoms with Gasteiger partial charge in [0.25, 0.3) is 0 Å². The van der Waals surface area contributed by atoms with E-state index in [-0.39, 0.29) is 0 Å². The zero-order chi connectivity index (χ0) is 13.5. The molecule has 0 radical (unpaired) electrons. The van der Waals surface area contributed by atoms with Crippen LogP contribution in [0.4, 0.5) is 5.13 Å². The van der Waals surface area contributed by atoms with Gasteiger partial charge in [0.15, 0.2) is 5.13 Å². The van der Waals surface area contributed by atoms with Gasteiger partial charge in [0.05, 0.1) is 10.2 Å². The van der Waals surface area contributed by atoms with E-state index in [1.807, 2.05) is 11.3 Å². The van der Waals surface area contributed by atoms with Crippen molar-refractivity contribution in [1.82, 2.24) is 4.98 Å². The van der Waals surface area contributed by atoms with Gasteiger partial charge >= 0.3 is 0 Å². The average molecular weight is 280 g/mol. The van der Waals surface area contributed by atoms with Gasteiger partial charge in [0.2, 0.25) is 0 Å². The van der Waals surface area contributed by atoms with Gasteiger partial charge in [-0.15, -0.1) is 0 Å². The smallest absolute Gasteiger partial charge is 0.186 e. The van der Waals surface area contributed by atoms with Crippen molar-refractivity contribution in [3.8, 4) is 0 Å². The molecule has 0 unspecified atom stereocenters. The molecule has 0 atom stereocenters. The van der Waals surface area contributed by atoms with Crippen LogP contribution in [0.25, 0.3) is 10.2 Å². The van der Waals surface area contributed by atoms with Gasteiger partial charge in [-0.25, -0.2) is 4.98 Å². The Labute approximate surface area is 122 Å². The summed E-state index contributed by atoms with van der Waals surface area (Å²) in [6.45, 7) is 4.18. The summed E-state index contributed by atoms with van der Waals surface area (Å²) in [6.07, 6.45) is 1.12. The van der Waals surface area contributed by atoms with Gasteiger partial charge in [-0.2, -0.15) is 0 Å². The Bertz CT molecular complexity index is 776. The van der Waals surface area contributed by atoms with E-state index in [4.69, 9.17) is 4.98 Å². The lowest BCUT2D eigenvalue weighted by Gasteiger charge is -2.28. The Balaban J connectivity index is 1.72. The van der Waals surface area contributed by atoms with Gasteiger partial charge in [-0.1, -0.05) is 47.7 Å². The van der Waals surface area contributed by atoms with Crippen LogP contribution in [0, 0.1) is 6.92 Å². The van der Waals surface area contributed by atoms with Gasteiger partial charge in [-0.3, -0.25) is 0 Å². The van der Waals surface area contributed by atoms with Crippen LogP contribution in [0.2, 0.25) is 0 Å². The molecule has 0 spiro atoms. The van der Waals surface area contributed by atoms with Crippen molar-refractivity contribution in [2.75, 3.05) is 11.4 Å². The zero-order valence-electron chi connectivity index (χ0n) is 11.5. The minimum atomic E-state index is 0.981. The number of anilines is 1. The highest BCUT2D eigenvalue weighted by Crippen LogP contribution is 2.33. The maximum atomic E-state index is 4.85. The zero-order valence-corrected chi connectivity index (χ0v) is 12.3. The van der Waals surface area contributed by atoms with Gasteiger partial charge in [0.1, 0.15) is 0 Å². The molecule has 1 aliphatic rings. The van der Waals surface area contributed by atoms with E-state index in [1.165, 1.54) is 21.4 Å². The minimum Gasteiger partial charge on any atom is -0.343 e. The lowest BCUT2D eigenvalue weighted by atomic mass is 10.0. The lowest BCUT2D eigenvalue weighted by Crippen LogP contribution is -2.30. The summed E-state index contributed by atoms with van der Waals surface area (Å²) in [6, 6.07) is 15.2. The second-order valence-electron chi connectivity index (χ2n) is 5.36. The quantitative estimate of drug-likeness (QED) is 0.665. The van der Waals surface area contributed by atoms with Gasteiger partial charge < -0.3 is 4.90 Å². The number of benzene rings is 2. The summed E-state index contributed by atoms with van der Waals surface area (Å²) in [4.78, 5) is 7.26. The van der Waals surface area contributed by atoms with Crippen LogP contribution >= 0.6 is 11.3 Å². The molecule has 2 aromatic carbocycles. The highest BCUT2D eigenvalue weighted by Gasteiger charge is 2.19. The molecule has 20 heavy (non-hydrogen) atoms. The van der Waals surface area contributed by atoms with Crippen molar-refractivity contribution in [3.05, 3.63) is 59.2 Å². The second-order valence-corrected chi connectivity index (χ2v) is 6.37. The summed E-state index contributed by atoms with van der Waals surface area (Å²) in [5.74, 6) is 0. The molecule has 1 aromatic heterocycles. The molecule has 3 aromatic rings. The summed E-state index contributed by atoms with van der Waals surface area (Å²) in [5.41, 5.74) is 5.35. The third kappa shape index (κ3) is 1.90. The summed E-state index contributed by atoms with van der Waals surface area (Å²) in [7, 11) is 0.